The minimum Gasteiger partial charge on any atom is -0.382 e. The summed E-state index contributed by atoms with van der Waals surface area (Å²) in [6.45, 7) is 6.89. The van der Waals surface area contributed by atoms with E-state index in [0.29, 0.717) is 17.0 Å². The number of amidine groups is 1. The van der Waals surface area contributed by atoms with Crippen LogP contribution in [-0.4, -0.2) is 29.2 Å². The summed E-state index contributed by atoms with van der Waals surface area (Å²) in [5.41, 5.74) is 10.7. The zero-order chi connectivity index (χ0) is 21.3. The van der Waals surface area contributed by atoms with Crippen molar-refractivity contribution in [1.82, 2.24) is 4.98 Å². The molecule has 30 heavy (non-hydrogen) atoms. The summed E-state index contributed by atoms with van der Waals surface area (Å²) in [4.78, 5) is 14.3. The number of nitrogens with two attached hydrogens (primary N) is 1. The first-order valence-corrected chi connectivity index (χ1v) is 11.1. The van der Waals surface area contributed by atoms with Crippen molar-refractivity contribution in [1.29, 1.82) is 0 Å². The molecule has 1 aromatic carbocycles. The van der Waals surface area contributed by atoms with Crippen molar-refractivity contribution in [2.24, 2.45) is 21.6 Å². The summed E-state index contributed by atoms with van der Waals surface area (Å²) < 4.78 is 5.87. The molecule has 2 aromatic rings. The van der Waals surface area contributed by atoms with E-state index in [0.717, 1.165) is 60.3 Å². The van der Waals surface area contributed by atoms with Crippen molar-refractivity contribution in [3.63, 3.8) is 0 Å². The van der Waals surface area contributed by atoms with Gasteiger partial charge in [0, 0.05) is 36.0 Å². The predicted molar refractivity (Wildman–Crippen MR) is 123 cm³/mol. The van der Waals surface area contributed by atoms with E-state index in [-0.39, 0.29) is 5.92 Å². The van der Waals surface area contributed by atoms with E-state index in [4.69, 9.17) is 32.1 Å². The van der Waals surface area contributed by atoms with Crippen LogP contribution in [0.5, 0.6) is 0 Å². The second-order valence-electron chi connectivity index (χ2n) is 8.27. The van der Waals surface area contributed by atoms with Gasteiger partial charge in [-0.1, -0.05) is 23.7 Å². The maximum atomic E-state index is 6.26. The van der Waals surface area contributed by atoms with Crippen molar-refractivity contribution in [2.75, 3.05) is 6.61 Å². The van der Waals surface area contributed by atoms with Crippen LogP contribution in [0.4, 0.5) is 0 Å². The number of nitrogens with zero attached hydrogens (tertiary/aromatic N) is 3. The molecule has 2 aliphatic rings. The summed E-state index contributed by atoms with van der Waals surface area (Å²) in [5, 5.41) is 0.621. The highest BCUT2D eigenvalue weighted by molar-refractivity contribution is 6.41. The Hall–Kier alpha value is -2.24. The normalized spacial score (nSPS) is 26.4. The highest BCUT2D eigenvalue weighted by atomic mass is 35.5. The SMILES string of the molecule is CCOC1CCC(C2(c3cc(-c4cncc(Cl)c4)ccc3C)N=C(C)C(N)=N2)CC1. The van der Waals surface area contributed by atoms with Crippen molar-refractivity contribution in [3.05, 3.63) is 52.8 Å². The molecule has 0 amide bonds. The molecular weight excluding hydrogens is 396 g/mol. The van der Waals surface area contributed by atoms with Crippen LogP contribution in [-0.2, 0) is 10.4 Å². The number of aromatic nitrogens is 1. The zero-order valence-electron chi connectivity index (χ0n) is 17.9. The molecule has 1 atom stereocenters. The Morgan fingerprint density at radius 3 is 2.47 bits per heavy atom. The molecule has 4 rings (SSSR count). The number of ether oxygens (including phenoxy) is 1. The van der Waals surface area contributed by atoms with E-state index < -0.39 is 5.66 Å². The second-order valence-corrected chi connectivity index (χ2v) is 8.71. The van der Waals surface area contributed by atoms with Gasteiger partial charge in [0.2, 0.25) is 0 Å². The third kappa shape index (κ3) is 3.88. The molecular formula is C24H29ClN4O. The number of hydrogen-bond donors (Lipinski definition) is 1. The molecule has 1 aliphatic heterocycles. The number of aryl methyl sites for hydroxylation is 1. The van der Waals surface area contributed by atoms with Gasteiger partial charge in [-0.3, -0.25) is 9.98 Å². The highest BCUT2D eigenvalue weighted by Gasteiger charge is 2.46. The van der Waals surface area contributed by atoms with Gasteiger partial charge < -0.3 is 10.5 Å². The first kappa shape index (κ1) is 21.0. The molecule has 1 unspecified atom stereocenters. The number of aliphatic imine (C=N–C) groups is 2. The molecule has 2 heterocycles. The maximum Gasteiger partial charge on any atom is 0.181 e. The van der Waals surface area contributed by atoms with E-state index in [1.54, 1.807) is 6.20 Å². The number of halogens is 1. The van der Waals surface area contributed by atoms with Crippen LogP contribution in [0.25, 0.3) is 11.1 Å². The van der Waals surface area contributed by atoms with E-state index >= 15 is 0 Å². The average Bonchev–Trinajstić information content (AvgIpc) is 3.04. The molecule has 0 saturated heterocycles. The molecule has 0 spiro atoms. The van der Waals surface area contributed by atoms with Crippen molar-refractivity contribution >= 4 is 23.1 Å². The number of rotatable bonds is 5. The molecule has 1 aliphatic carbocycles. The lowest BCUT2D eigenvalue weighted by atomic mass is 9.74. The lowest BCUT2D eigenvalue weighted by molar-refractivity contribution is 0.0154. The molecule has 1 saturated carbocycles. The van der Waals surface area contributed by atoms with Gasteiger partial charge in [0.1, 0.15) is 5.84 Å². The van der Waals surface area contributed by atoms with Crippen LogP contribution in [0.2, 0.25) is 5.02 Å². The Morgan fingerprint density at radius 1 is 1.07 bits per heavy atom. The van der Waals surface area contributed by atoms with Crippen LogP contribution < -0.4 is 5.73 Å². The van der Waals surface area contributed by atoms with Crippen molar-refractivity contribution in [2.45, 2.75) is 58.2 Å². The number of benzene rings is 1. The van der Waals surface area contributed by atoms with Gasteiger partial charge in [-0.05, 0) is 69.7 Å². The Balaban J connectivity index is 1.77. The standard InChI is InChI=1S/C24H29ClN4O/c1-4-30-21-9-7-19(8-10-21)24(28-16(3)23(26)29-24)22-12-17(6-5-15(22)2)18-11-20(25)14-27-13-18/h5-6,11-14,19,21H,4,7-10H2,1-3H3,(H2,26,29). The van der Waals surface area contributed by atoms with Gasteiger partial charge >= 0.3 is 0 Å². The summed E-state index contributed by atoms with van der Waals surface area (Å²) in [6, 6.07) is 8.36. The predicted octanol–water partition coefficient (Wildman–Crippen LogP) is 5.29. The van der Waals surface area contributed by atoms with Crippen molar-refractivity contribution < 1.29 is 4.74 Å². The topological polar surface area (TPSA) is 72.9 Å². The molecule has 158 valence electrons. The fraction of sp³-hybridized carbons (Fsp3) is 0.458. The Bertz CT molecular complexity index is 974. The van der Waals surface area contributed by atoms with E-state index in [2.05, 4.69) is 37.0 Å². The highest BCUT2D eigenvalue weighted by Crippen LogP contribution is 2.47. The van der Waals surface area contributed by atoms with Gasteiger partial charge in [0.15, 0.2) is 5.66 Å². The van der Waals surface area contributed by atoms with E-state index in [1.807, 2.05) is 19.2 Å². The second kappa shape index (κ2) is 8.48. The average molecular weight is 425 g/mol. The summed E-state index contributed by atoms with van der Waals surface area (Å²) in [6.07, 6.45) is 7.90. The van der Waals surface area contributed by atoms with Gasteiger partial charge in [0.05, 0.1) is 16.8 Å². The largest absolute Gasteiger partial charge is 0.382 e. The fourth-order valence-electron chi connectivity index (χ4n) is 4.76. The molecule has 6 heteroatoms. The lowest BCUT2D eigenvalue weighted by Crippen LogP contribution is -2.36. The van der Waals surface area contributed by atoms with Gasteiger partial charge in [-0.2, -0.15) is 0 Å². The van der Waals surface area contributed by atoms with Gasteiger partial charge in [-0.25, -0.2) is 4.99 Å². The first-order valence-electron chi connectivity index (χ1n) is 10.7. The van der Waals surface area contributed by atoms with Gasteiger partial charge in [-0.15, -0.1) is 0 Å². The smallest absolute Gasteiger partial charge is 0.181 e. The Kier molecular flexibility index (Phi) is 5.94. The fourth-order valence-corrected chi connectivity index (χ4v) is 4.93. The Morgan fingerprint density at radius 2 is 1.83 bits per heavy atom. The molecule has 2 N–H and O–H groups in total. The first-order chi connectivity index (χ1) is 14.4. The van der Waals surface area contributed by atoms with E-state index in [9.17, 15) is 0 Å². The summed E-state index contributed by atoms with van der Waals surface area (Å²) in [7, 11) is 0. The minimum absolute atomic E-state index is 0.289. The minimum atomic E-state index is -0.669. The monoisotopic (exact) mass is 424 g/mol. The summed E-state index contributed by atoms with van der Waals surface area (Å²) in [5.74, 6) is 0.827. The lowest BCUT2D eigenvalue weighted by Gasteiger charge is -2.38. The quantitative estimate of drug-likeness (QED) is 0.708. The Labute approximate surface area is 183 Å². The molecule has 0 bridgehead atoms. The van der Waals surface area contributed by atoms with Crippen LogP contribution in [0.15, 0.2) is 46.6 Å². The number of pyridine rings is 1. The third-order valence-corrected chi connectivity index (χ3v) is 6.52. The van der Waals surface area contributed by atoms with Crippen LogP contribution in [0, 0.1) is 12.8 Å². The van der Waals surface area contributed by atoms with Gasteiger partial charge in [0.25, 0.3) is 0 Å². The van der Waals surface area contributed by atoms with Crippen molar-refractivity contribution in [3.8, 4) is 11.1 Å². The van der Waals surface area contributed by atoms with Crippen LogP contribution >= 0.6 is 11.6 Å². The van der Waals surface area contributed by atoms with Crippen LogP contribution in [0.1, 0.15) is 50.7 Å². The third-order valence-electron chi connectivity index (χ3n) is 6.32. The molecule has 5 nitrogen and oxygen atoms in total. The van der Waals surface area contributed by atoms with E-state index in [1.165, 1.54) is 0 Å². The summed E-state index contributed by atoms with van der Waals surface area (Å²) >= 11 is 6.18. The number of hydrogen-bond acceptors (Lipinski definition) is 5. The van der Waals surface area contributed by atoms with Crippen LogP contribution in [0.3, 0.4) is 0 Å². The maximum absolute atomic E-state index is 6.26. The molecule has 0 radical (unpaired) electrons. The molecule has 1 aromatic heterocycles. The molecule has 1 fully saturated rings. The zero-order valence-corrected chi connectivity index (χ0v) is 18.6.